The molecule has 1 heterocycles. The van der Waals surface area contributed by atoms with E-state index in [0.29, 0.717) is 0 Å². The van der Waals surface area contributed by atoms with Crippen molar-refractivity contribution in [3.05, 3.63) is 11.1 Å². The van der Waals surface area contributed by atoms with Crippen LogP contribution < -0.4 is 5.32 Å². The highest BCUT2D eigenvalue weighted by molar-refractivity contribution is 8.03. The Morgan fingerprint density at radius 2 is 2.07 bits per heavy atom. The van der Waals surface area contributed by atoms with Crippen LogP contribution in [0.1, 0.15) is 13.8 Å². The first kappa shape index (κ1) is 10.9. The quantitative estimate of drug-likeness (QED) is 0.623. The number of nitrogens with one attached hydrogen (secondary N) is 1. The van der Waals surface area contributed by atoms with Crippen molar-refractivity contribution in [3.63, 3.8) is 0 Å². The second-order valence-electron chi connectivity index (χ2n) is 3.47. The molecule has 1 unspecified atom stereocenters. The third kappa shape index (κ3) is 2.01. The molecule has 14 heavy (non-hydrogen) atoms. The highest BCUT2D eigenvalue weighted by Crippen LogP contribution is 2.34. The van der Waals surface area contributed by atoms with Crippen LogP contribution >= 0.6 is 11.8 Å². The van der Waals surface area contributed by atoms with Crippen molar-refractivity contribution in [1.82, 2.24) is 5.32 Å². The predicted molar refractivity (Wildman–Crippen MR) is 51.9 cm³/mol. The summed E-state index contributed by atoms with van der Waals surface area (Å²) < 4.78 is -0.551. The zero-order valence-electron chi connectivity index (χ0n) is 7.77. The molecule has 0 aliphatic carbocycles. The van der Waals surface area contributed by atoms with Crippen molar-refractivity contribution in [2.75, 3.05) is 0 Å². The molecule has 5 nitrogen and oxygen atoms in total. The normalized spacial score (nSPS) is 24.7. The number of hydrogen-bond donors (Lipinski definition) is 3. The first-order chi connectivity index (χ1) is 6.34. The lowest BCUT2D eigenvalue weighted by Gasteiger charge is -2.34. The summed E-state index contributed by atoms with van der Waals surface area (Å²) in [5.41, 5.74) is -0.0678. The zero-order chi connectivity index (χ0) is 10.9. The molecule has 0 fully saturated rings. The summed E-state index contributed by atoms with van der Waals surface area (Å²) in [6.45, 7) is 3.50. The smallest absolute Gasteiger partial charge is 0.352 e. The van der Waals surface area contributed by atoms with E-state index in [1.807, 2.05) is 0 Å². The zero-order valence-corrected chi connectivity index (χ0v) is 8.59. The predicted octanol–water partition coefficient (Wildman–Crippen LogP) is 0.481. The lowest BCUT2D eigenvalue weighted by molar-refractivity contribution is -0.140. The molecule has 0 aromatic rings. The molecule has 1 atom stereocenters. The number of carbonyl (C=O) groups is 2. The standard InChI is InChI=1S/C8H11NO4S/c1-8(2)5(7(12)13)9-4(3-14-8)6(10)11/h3,5,9H,1-2H3,(H,10,11)(H,12,13). The summed E-state index contributed by atoms with van der Waals surface area (Å²) in [5, 5.41) is 21.5. The average molecular weight is 217 g/mol. The molecule has 3 N–H and O–H groups in total. The van der Waals surface area contributed by atoms with Gasteiger partial charge in [-0.25, -0.2) is 9.59 Å². The molecule has 78 valence electrons. The summed E-state index contributed by atoms with van der Waals surface area (Å²) in [6.07, 6.45) is 0. The highest BCUT2D eigenvalue weighted by Gasteiger charge is 2.39. The van der Waals surface area contributed by atoms with Crippen LogP contribution in [0.15, 0.2) is 11.1 Å². The Kier molecular flexibility index (Phi) is 2.75. The van der Waals surface area contributed by atoms with E-state index in [1.54, 1.807) is 13.8 Å². The number of hydrogen-bond acceptors (Lipinski definition) is 4. The fraction of sp³-hybridized carbons (Fsp3) is 0.500. The molecule has 0 saturated carbocycles. The number of carboxylic acid groups (broad SMARTS) is 2. The fourth-order valence-electron chi connectivity index (χ4n) is 1.11. The largest absolute Gasteiger partial charge is 0.480 e. The lowest BCUT2D eigenvalue weighted by atomic mass is 10.0. The van der Waals surface area contributed by atoms with Gasteiger partial charge >= 0.3 is 11.9 Å². The molecule has 0 bridgehead atoms. The second kappa shape index (κ2) is 3.53. The number of carboxylic acids is 2. The van der Waals surface area contributed by atoms with Gasteiger partial charge in [0.05, 0.1) is 0 Å². The van der Waals surface area contributed by atoms with Crippen LogP contribution in [0.4, 0.5) is 0 Å². The van der Waals surface area contributed by atoms with E-state index in [4.69, 9.17) is 10.2 Å². The lowest BCUT2D eigenvalue weighted by Crippen LogP contribution is -2.52. The monoisotopic (exact) mass is 217 g/mol. The minimum Gasteiger partial charge on any atom is -0.480 e. The Labute approximate surface area is 85.2 Å². The van der Waals surface area contributed by atoms with Crippen LogP contribution in [0.25, 0.3) is 0 Å². The van der Waals surface area contributed by atoms with Gasteiger partial charge in [0.25, 0.3) is 0 Å². The topological polar surface area (TPSA) is 86.6 Å². The molecule has 0 aromatic carbocycles. The molecule has 0 spiro atoms. The summed E-state index contributed by atoms with van der Waals surface area (Å²) in [7, 11) is 0. The molecule has 1 rings (SSSR count). The van der Waals surface area contributed by atoms with Crippen LogP contribution in [0.2, 0.25) is 0 Å². The molecule has 1 aliphatic heterocycles. The molecular formula is C8H11NO4S. The van der Waals surface area contributed by atoms with E-state index >= 15 is 0 Å². The van der Waals surface area contributed by atoms with Crippen molar-refractivity contribution in [1.29, 1.82) is 0 Å². The van der Waals surface area contributed by atoms with Gasteiger partial charge in [-0.05, 0) is 13.8 Å². The van der Waals surface area contributed by atoms with Crippen molar-refractivity contribution in [2.45, 2.75) is 24.6 Å². The van der Waals surface area contributed by atoms with Gasteiger partial charge < -0.3 is 15.5 Å². The maximum Gasteiger partial charge on any atom is 0.352 e. The van der Waals surface area contributed by atoms with E-state index < -0.39 is 22.7 Å². The number of thioether (sulfide) groups is 1. The fourth-order valence-corrected chi connectivity index (χ4v) is 2.00. The minimum absolute atomic E-state index is 0.0678. The molecular weight excluding hydrogens is 206 g/mol. The van der Waals surface area contributed by atoms with Gasteiger partial charge in [0.1, 0.15) is 11.7 Å². The molecule has 0 saturated heterocycles. The first-order valence-corrected chi connectivity index (χ1v) is 4.83. The van der Waals surface area contributed by atoms with E-state index in [-0.39, 0.29) is 5.70 Å². The van der Waals surface area contributed by atoms with Gasteiger partial charge in [0.15, 0.2) is 0 Å². The Bertz CT molecular complexity index is 310. The first-order valence-electron chi connectivity index (χ1n) is 3.95. The summed E-state index contributed by atoms with van der Waals surface area (Å²) in [5.74, 6) is -2.19. The van der Waals surface area contributed by atoms with Crippen molar-refractivity contribution in [2.24, 2.45) is 0 Å². The molecule has 0 amide bonds. The number of aliphatic carboxylic acids is 2. The minimum atomic E-state index is -1.14. The molecule has 6 heteroatoms. The van der Waals surface area contributed by atoms with Gasteiger partial charge in [-0.3, -0.25) is 0 Å². The second-order valence-corrected chi connectivity index (χ2v) is 5.00. The van der Waals surface area contributed by atoms with Gasteiger partial charge in [-0.2, -0.15) is 0 Å². The van der Waals surface area contributed by atoms with E-state index in [1.165, 1.54) is 17.2 Å². The average Bonchev–Trinajstić information content (AvgIpc) is 2.02. The summed E-state index contributed by atoms with van der Waals surface area (Å²) >= 11 is 1.21. The molecule has 0 radical (unpaired) electrons. The Balaban J connectivity index is 2.93. The van der Waals surface area contributed by atoms with Gasteiger partial charge in [-0.1, -0.05) is 0 Å². The molecule has 1 aliphatic rings. The van der Waals surface area contributed by atoms with E-state index in [9.17, 15) is 9.59 Å². The maximum atomic E-state index is 10.8. The van der Waals surface area contributed by atoms with E-state index in [0.717, 1.165) is 0 Å². The third-order valence-corrected chi connectivity index (χ3v) is 3.15. The van der Waals surface area contributed by atoms with Crippen LogP contribution in [-0.4, -0.2) is 32.9 Å². The summed E-state index contributed by atoms with van der Waals surface area (Å²) in [6, 6.07) is -0.886. The van der Waals surface area contributed by atoms with Crippen LogP contribution in [0, 0.1) is 0 Å². The van der Waals surface area contributed by atoms with Crippen LogP contribution in [-0.2, 0) is 9.59 Å². The summed E-state index contributed by atoms with van der Waals surface area (Å²) in [4.78, 5) is 21.4. The van der Waals surface area contributed by atoms with Gasteiger partial charge in [-0.15, -0.1) is 11.8 Å². The van der Waals surface area contributed by atoms with Crippen LogP contribution in [0.5, 0.6) is 0 Å². The van der Waals surface area contributed by atoms with E-state index in [2.05, 4.69) is 5.32 Å². The Hall–Kier alpha value is -1.17. The SMILES string of the molecule is CC1(C)SC=C(C(=O)O)NC1C(=O)O. The van der Waals surface area contributed by atoms with Crippen molar-refractivity contribution in [3.8, 4) is 0 Å². The number of rotatable bonds is 2. The molecule has 0 aromatic heterocycles. The van der Waals surface area contributed by atoms with Crippen LogP contribution in [0.3, 0.4) is 0 Å². The Morgan fingerprint density at radius 3 is 2.50 bits per heavy atom. The van der Waals surface area contributed by atoms with Gasteiger partial charge in [0.2, 0.25) is 0 Å². The van der Waals surface area contributed by atoms with Gasteiger partial charge in [0, 0.05) is 10.2 Å². The third-order valence-electron chi connectivity index (χ3n) is 1.95. The Morgan fingerprint density at radius 1 is 1.50 bits per heavy atom. The maximum absolute atomic E-state index is 10.8. The van der Waals surface area contributed by atoms with Crippen molar-refractivity contribution < 1.29 is 19.8 Å². The van der Waals surface area contributed by atoms with Crippen molar-refractivity contribution >= 4 is 23.7 Å². The highest BCUT2D eigenvalue weighted by atomic mass is 32.2.